The number of rotatable bonds is 4. The van der Waals surface area contributed by atoms with Crippen LogP contribution in [0.15, 0.2) is 182 Å². The van der Waals surface area contributed by atoms with Gasteiger partial charge in [-0.25, -0.2) is 15.0 Å². The molecule has 4 heterocycles. The highest BCUT2D eigenvalue weighted by Crippen LogP contribution is 2.53. The lowest BCUT2D eigenvalue weighted by molar-refractivity contribution is 1.08. The van der Waals surface area contributed by atoms with E-state index in [1.54, 1.807) is 22.7 Å². The summed E-state index contributed by atoms with van der Waals surface area (Å²) in [5, 5.41) is 9.91. The van der Waals surface area contributed by atoms with Crippen LogP contribution >= 0.6 is 22.7 Å². The maximum absolute atomic E-state index is 5.31. The number of hydrogen-bond acceptors (Lipinski definition) is 6. The number of fused-ring (bicyclic) bond motifs is 10. The molecule has 0 amide bonds. The van der Waals surface area contributed by atoms with Gasteiger partial charge in [0, 0.05) is 73.7 Å². The predicted octanol–water partition coefficient (Wildman–Crippen LogP) is 15.4. The molecule has 0 unspecified atom stereocenters. The lowest BCUT2D eigenvalue weighted by Gasteiger charge is -2.34. The van der Waals surface area contributed by atoms with Crippen LogP contribution in [0, 0.1) is 0 Å². The third-order valence-electron chi connectivity index (χ3n) is 11.9. The molecule has 3 aromatic heterocycles. The SMILES string of the molecule is c1ccc2c3c(ccc2c1)N(c1ccc(-c2nc(-c4cccc5c4sc4ccccc45)nc(-c4cccc5c4sc4ccccc45)n2)cc1)c1cccc2cccc-3c12. The number of aromatic nitrogens is 3. The fraction of sp³-hybridized carbons (Fsp3) is 0. The lowest BCUT2D eigenvalue weighted by Crippen LogP contribution is -2.15. The van der Waals surface area contributed by atoms with Gasteiger partial charge in [-0.1, -0.05) is 121 Å². The minimum atomic E-state index is 0.644. The summed E-state index contributed by atoms with van der Waals surface area (Å²) in [6.07, 6.45) is 0. The summed E-state index contributed by atoms with van der Waals surface area (Å²) < 4.78 is 4.86. The molecule has 1 aliphatic heterocycles. The van der Waals surface area contributed by atoms with E-state index in [-0.39, 0.29) is 0 Å². The average Bonchev–Trinajstić information content (AvgIpc) is 3.88. The van der Waals surface area contributed by atoms with E-state index in [2.05, 4.69) is 187 Å². The van der Waals surface area contributed by atoms with Crippen molar-refractivity contribution in [3.05, 3.63) is 182 Å². The van der Waals surface area contributed by atoms with Crippen molar-refractivity contribution in [3.63, 3.8) is 0 Å². The Balaban J connectivity index is 1.01. The van der Waals surface area contributed by atoms with Crippen LogP contribution in [-0.4, -0.2) is 15.0 Å². The molecular formula is C53H30N4S2. The van der Waals surface area contributed by atoms with Crippen LogP contribution in [0.4, 0.5) is 17.1 Å². The van der Waals surface area contributed by atoms with Gasteiger partial charge in [-0.05, 0) is 82.4 Å². The predicted molar refractivity (Wildman–Crippen MR) is 251 cm³/mol. The Morgan fingerprint density at radius 3 is 1.56 bits per heavy atom. The van der Waals surface area contributed by atoms with E-state index < -0.39 is 0 Å². The van der Waals surface area contributed by atoms with Gasteiger partial charge in [0.05, 0.1) is 11.4 Å². The first-order chi connectivity index (χ1) is 29.2. The quantitative estimate of drug-likeness (QED) is 0.178. The maximum Gasteiger partial charge on any atom is 0.165 e. The van der Waals surface area contributed by atoms with E-state index in [0.29, 0.717) is 17.5 Å². The first-order valence-corrected chi connectivity index (χ1v) is 21.4. The Kier molecular flexibility index (Phi) is 7.02. The summed E-state index contributed by atoms with van der Waals surface area (Å²) in [5.41, 5.74) is 8.90. The molecule has 6 heteroatoms. The minimum absolute atomic E-state index is 0.644. The summed E-state index contributed by atoms with van der Waals surface area (Å²) in [5.74, 6) is 1.99. The van der Waals surface area contributed by atoms with Gasteiger partial charge in [-0.2, -0.15) is 0 Å². The van der Waals surface area contributed by atoms with Crippen LogP contribution in [0.25, 0.3) is 107 Å². The molecule has 0 bridgehead atoms. The van der Waals surface area contributed by atoms with Crippen LogP contribution in [0.3, 0.4) is 0 Å². The van der Waals surface area contributed by atoms with Crippen LogP contribution < -0.4 is 4.90 Å². The van der Waals surface area contributed by atoms with Crippen molar-refractivity contribution in [3.8, 4) is 45.3 Å². The topological polar surface area (TPSA) is 41.9 Å². The Labute approximate surface area is 347 Å². The molecule has 0 saturated heterocycles. The van der Waals surface area contributed by atoms with Crippen molar-refractivity contribution < 1.29 is 0 Å². The highest BCUT2D eigenvalue weighted by atomic mass is 32.1. The molecule has 0 spiro atoms. The van der Waals surface area contributed by atoms with Crippen molar-refractivity contribution >= 4 is 102 Å². The molecule has 0 N–H and O–H groups in total. The fourth-order valence-corrected chi connectivity index (χ4v) is 11.6. The van der Waals surface area contributed by atoms with Gasteiger partial charge in [-0.15, -0.1) is 22.7 Å². The highest BCUT2D eigenvalue weighted by Gasteiger charge is 2.28. The Morgan fingerprint density at radius 1 is 0.356 bits per heavy atom. The summed E-state index contributed by atoms with van der Waals surface area (Å²) in [7, 11) is 0. The van der Waals surface area contributed by atoms with Crippen molar-refractivity contribution in [2.24, 2.45) is 0 Å². The maximum atomic E-state index is 5.31. The molecular weight excluding hydrogens is 757 g/mol. The van der Waals surface area contributed by atoms with Gasteiger partial charge < -0.3 is 4.90 Å². The van der Waals surface area contributed by atoms with Gasteiger partial charge in [0.1, 0.15) is 0 Å². The molecule has 0 fully saturated rings. The molecule has 59 heavy (non-hydrogen) atoms. The number of anilines is 3. The van der Waals surface area contributed by atoms with E-state index in [4.69, 9.17) is 15.0 Å². The van der Waals surface area contributed by atoms with Gasteiger partial charge in [0.25, 0.3) is 0 Å². The smallest absolute Gasteiger partial charge is 0.165 e. The second-order valence-electron chi connectivity index (χ2n) is 15.1. The van der Waals surface area contributed by atoms with E-state index in [1.807, 2.05) is 0 Å². The summed E-state index contributed by atoms with van der Waals surface area (Å²) in [6, 6.07) is 65.5. The van der Waals surface area contributed by atoms with Gasteiger partial charge in [0.15, 0.2) is 17.5 Å². The van der Waals surface area contributed by atoms with Crippen molar-refractivity contribution in [1.82, 2.24) is 15.0 Å². The fourth-order valence-electron chi connectivity index (χ4n) is 9.21. The molecule has 1 aliphatic rings. The summed E-state index contributed by atoms with van der Waals surface area (Å²) in [6.45, 7) is 0. The molecule has 13 rings (SSSR count). The zero-order valence-electron chi connectivity index (χ0n) is 31.4. The standard InChI is InChI=1S/C53H30N4S2/c1-2-14-35-31(11-1)27-30-44-48(35)40-19-7-12-32-13-8-22-43(47(32)40)57(44)34-28-25-33(26-29-34)51-54-52(41-20-9-17-38-36-15-3-5-23-45(36)58-49(38)41)56-53(55-51)42-21-10-18-39-37-16-4-6-24-46(37)59-50(39)42/h1-30H. The molecule has 12 aromatic rings. The molecule has 0 aliphatic carbocycles. The van der Waals surface area contributed by atoms with Crippen molar-refractivity contribution in [2.45, 2.75) is 0 Å². The lowest BCUT2D eigenvalue weighted by atomic mass is 9.87. The largest absolute Gasteiger partial charge is 0.309 e. The van der Waals surface area contributed by atoms with Gasteiger partial charge in [-0.3, -0.25) is 0 Å². The molecule has 9 aromatic carbocycles. The highest BCUT2D eigenvalue weighted by molar-refractivity contribution is 7.26. The zero-order chi connectivity index (χ0) is 38.6. The number of hydrogen-bond donors (Lipinski definition) is 0. The first-order valence-electron chi connectivity index (χ1n) is 19.8. The molecule has 0 radical (unpaired) electrons. The molecule has 0 atom stereocenters. The molecule has 0 saturated carbocycles. The summed E-state index contributed by atoms with van der Waals surface area (Å²) in [4.78, 5) is 18.3. The second kappa shape index (κ2) is 12.6. The van der Waals surface area contributed by atoms with Crippen molar-refractivity contribution in [1.29, 1.82) is 0 Å². The Morgan fingerprint density at radius 2 is 0.881 bits per heavy atom. The molecule has 274 valence electrons. The van der Waals surface area contributed by atoms with E-state index in [0.717, 1.165) is 22.4 Å². The van der Waals surface area contributed by atoms with Crippen LogP contribution in [0.5, 0.6) is 0 Å². The number of thiophene rings is 2. The monoisotopic (exact) mass is 786 g/mol. The third kappa shape index (κ3) is 4.91. The summed E-state index contributed by atoms with van der Waals surface area (Å²) >= 11 is 3.59. The van der Waals surface area contributed by atoms with Crippen LogP contribution in [-0.2, 0) is 0 Å². The normalized spacial score (nSPS) is 12.4. The van der Waals surface area contributed by atoms with E-state index in [1.165, 1.54) is 84.4 Å². The second-order valence-corrected chi connectivity index (χ2v) is 17.2. The minimum Gasteiger partial charge on any atom is -0.309 e. The zero-order valence-corrected chi connectivity index (χ0v) is 33.1. The molecule has 4 nitrogen and oxygen atoms in total. The van der Waals surface area contributed by atoms with Gasteiger partial charge in [0.2, 0.25) is 0 Å². The van der Waals surface area contributed by atoms with E-state index >= 15 is 0 Å². The third-order valence-corrected chi connectivity index (χ3v) is 14.3. The number of benzene rings is 9. The van der Waals surface area contributed by atoms with Gasteiger partial charge >= 0.3 is 0 Å². The first kappa shape index (κ1) is 32.8. The van der Waals surface area contributed by atoms with Crippen LogP contribution in [0.1, 0.15) is 0 Å². The Hall–Kier alpha value is -7.25. The van der Waals surface area contributed by atoms with Crippen LogP contribution in [0.2, 0.25) is 0 Å². The number of nitrogens with zero attached hydrogens (tertiary/aromatic N) is 4. The van der Waals surface area contributed by atoms with E-state index in [9.17, 15) is 0 Å². The Bertz CT molecular complexity index is 3560. The average molecular weight is 787 g/mol. The van der Waals surface area contributed by atoms with Crippen molar-refractivity contribution in [2.75, 3.05) is 4.90 Å².